The number of anilines is 3. The van der Waals surface area contributed by atoms with Gasteiger partial charge in [-0.2, -0.15) is 4.31 Å². The number of unbranched alkanes of at least 4 members (excludes halogenated alkanes) is 3. The smallest absolute Gasteiger partial charge is 0.253 e. The number of nitrogens with zero attached hydrogens (tertiary/aromatic N) is 2. The summed E-state index contributed by atoms with van der Waals surface area (Å²) in [4.78, 5) is 27.7. The van der Waals surface area contributed by atoms with E-state index < -0.39 is 20.9 Å². The molecular weight excluding hydrogens is 440 g/mol. The lowest BCUT2D eigenvalue weighted by Gasteiger charge is -2.28. The van der Waals surface area contributed by atoms with Crippen LogP contribution < -0.4 is 21.5 Å². The van der Waals surface area contributed by atoms with E-state index in [0.29, 0.717) is 37.4 Å². The van der Waals surface area contributed by atoms with Gasteiger partial charge in [0.1, 0.15) is 11.4 Å². The second kappa shape index (κ2) is 10.3. The first-order chi connectivity index (χ1) is 16.0. The van der Waals surface area contributed by atoms with Crippen molar-refractivity contribution in [3.63, 3.8) is 0 Å². The maximum Gasteiger partial charge on any atom is 0.253 e. The molecule has 0 bridgehead atoms. The van der Waals surface area contributed by atoms with Crippen molar-refractivity contribution in [1.82, 2.24) is 9.29 Å². The highest BCUT2D eigenvalue weighted by molar-refractivity contribution is 7.89. The summed E-state index contributed by atoms with van der Waals surface area (Å²) in [5, 5.41) is 6.00. The van der Waals surface area contributed by atoms with Gasteiger partial charge in [-0.15, -0.1) is 0 Å². The van der Waals surface area contributed by atoms with Crippen LogP contribution in [0.1, 0.15) is 39.7 Å². The number of nitrogens with one attached hydrogen (secondary N) is 2. The van der Waals surface area contributed by atoms with Crippen molar-refractivity contribution in [3.8, 4) is 0 Å². The summed E-state index contributed by atoms with van der Waals surface area (Å²) in [6, 6.07) is 11.4. The number of hydrogen-bond acceptors (Lipinski definition) is 7. The zero-order chi connectivity index (χ0) is 23.3. The molecule has 8 nitrogen and oxygen atoms in total. The molecule has 3 aromatic rings. The van der Waals surface area contributed by atoms with Crippen LogP contribution in [-0.2, 0) is 23.0 Å². The van der Waals surface area contributed by atoms with E-state index in [1.165, 1.54) is 5.56 Å². The third-order valence-corrected chi connectivity index (χ3v) is 7.88. The van der Waals surface area contributed by atoms with Crippen LogP contribution in [0.15, 0.2) is 58.4 Å². The predicted octanol–water partition coefficient (Wildman–Crippen LogP) is 3.27. The molecule has 4 rings (SSSR count). The average molecular weight is 473 g/mol. The molecule has 2 N–H and O–H groups in total. The van der Waals surface area contributed by atoms with Crippen molar-refractivity contribution in [2.45, 2.75) is 38.6 Å². The Hall–Kier alpha value is -3.04. The van der Waals surface area contributed by atoms with Crippen LogP contribution in [0.5, 0.6) is 0 Å². The Morgan fingerprint density at radius 3 is 2.39 bits per heavy atom. The molecule has 0 unspecified atom stereocenters. The zero-order valence-corrected chi connectivity index (χ0v) is 19.2. The minimum Gasteiger partial charge on any atom is -0.380 e. The quantitative estimate of drug-likeness (QED) is 0.326. The molecule has 2 heterocycles. The maximum absolute atomic E-state index is 12.7. The van der Waals surface area contributed by atoms with Crippen molar-refractivity contribution < 1.29 is 11.3 Å². The number of sulfonamides is 1. The molecule has 0 spiro atoms. The van der Waals surface area contributed by atoms with Crippen molar-refractivity contribution in [1.29, 1.82) is 0 Å². The molecule has 0 atom stereocenters. The summed E-state index contributed by atoms with van der Waals surface area (Å²) in [7, 11) is -3.26. The Kier molecular flexibility index (Phi) is 7.20. The number of benzene rings is 1. The molecule has 9 heteroatoms. The molecule has 0 saturated carbocycles. The number of hydrogen-bond donors (Lipinski definition) is 2. The van der Waals surface area contributed by atoms with E-state index in [1.807, 2.05) is 18.2 Å². The summed E-state index contributed by atoms with van der Waals surface area (Å²) in [5.41, 5.74) is 2.57. The van der Waals surface area contributed by atoms with Gasteiger partial charge < -0.3 is 10.6 Å². The lowest BCUT2D eigenvalue weighted by molar-refractivity contribution is 0.390. The number of aromatic nitrogens is 1. The Balaban J connectivity index is 0.00000216. The third kappa shape index (κ3) is 5.48. The molecule has 2 aromatic carbocycles. The Morgan fingerprint density at radius 1 is 0.909 bits per heavy atom. The van der Waals surface area contributed by atoms with E-state index in [4.69, 9.17) is 0 Å². The van der Waals surface area contributed by atoms with Crippen molar-refractivity contribution in [3.05, 3.63) is 80.4 Å². The highest BCUT2D eigenvalue weighted by atomic mass is 32.2. The zero-order valence-electron chi connectivity index (χ0n) is 18.4. The molecule has 1 aromatic heterocycles. The first kappa shape index (κ1) is 23.1. The summed E-state index contributed by atoms with van der Waals surface area (Å²) >= 11 is 0. The first-order valence-corrected chi connectivity index (χ1v) is 12.9. The van der Waals surface area contributed by atoms with E-state index in [2.05, 4.69) is 21.7 Å². The minimum atomic E-state index is -3.26. The van der Waals surface area contributed by atoms with Gasteiger partial charge in [0, 0.05) is 40.6 Å². The van der Waals surface area contributed by atoms with Crippen LogP contribution >= 0.6 is 0 Å². The minimum absolute atomic E-state index is 0. The number of rotatable bonds is 11. The van der Waals surface area contributed by atoms with Crippen LogP contribution in [0.2, 0.25) is 0 Å². The largest absolute Gasteiger partial charge is 0.380 e. The monoisotopic (exact) mass is 472 g/mol. The van der Waals surface area contributed by atoms with Gasteiger partial charge in [0.05, 0.1) is 5.75 Å². The standard InChI is InChI=1S/C24H28N4O4S.2H2/c29-23-21(22(24(23)30)27-20-9-13-25-14-10-20)26-12-5-1-2-6-16-33(31,32)28-15-11-18-7-3-4-8-19(18)17-28;;/h3-4,7-10,13-14,26H,1-2,5-6,11-12,15-17H2,(H,25,27);2*1H. The van der Waals surface area contributed by atoms with Gasteiger partial charge in [-0.1, -0.05) is 37.1 Å². The van der Waals surface area contributed by atoms with Crippen molar-refractivity contribution in [2.75, 3.05) is 29.5 Å². The predicted molar refractivity (Wildman–Crippen MR) is 134 cm³/mol. The van der Waals surface area contributed by atoms with Gasteiger partial charge in [0.15, 0.2) is 0 Å². The first-order valence-electron chi connectivity index (χ1n) is 11.2. The molecule has 1 aliphatic rings. The van der Waals surface area contributed by atoms with Crippen LogP contribution in [0.4, 0.5) is 17.1 Å². The Labute approximate surface area is 196 Å². The highest BCUT2D eigenvalue weighted by Crippen LogP contribution is 2.22. The van der Waals surface area contributed by atoms with Crippen LogP contribution in [0.3, 0.4) is 0 Å². The molecule has 0 aliphatic carbocycles. The van der Waals surface area contributed by atoms with E-state index >= 15 is 0 Å². The van der Waals surface area contributed by atoms with E-state index in [1.54, 1.807) is 28.8 Å². The number of fused-ring (bicyclic) bond motifs is 1. The molecular formula is C24H32N4O4S. The summed E-state index contributed by atoms with van der Waals surface area (Å²) in [6.07, 6.45) is 6.99. The maximum atomic E-state index is 12.7. The van der Waals surface area contributed by atoms with Crippen LogP contribution in [0, 0.1) is 0 Å². The normalized spacial score (nSPS) is 14.2. The summed E-state index contributed by atoms with van der Waals surface area (Å²) in [6.45, 7) is 1.55. The Morgan fingerprint density at radius 2 is 1.61 bits per heavy atom. The molecule has 0 amide bonds. The van der Waals surface area contributed by atoms with Crippen molar-refractivity contribution >= 4 is 27.1 Å². The molecule has 0 saturated heterocycles. The fraction of sp³-hybridized carbons (Fsp3) is 0.375. The number of pyridine rings is 1. The molecule has 0 fully saturated rings. The van der Waals surface area contributed by atoms with Gasteiger partial charge >= 0.3 is 0 Å². The third-order valence-electron chi connectivity index (χ3n) is 5.98. The summed E-state index contributed by atoms with van der Waals surface area (Å²) in [5.74, 6) is 0.154. The van der Waals surface area contributed by atoms with E-state index in [-0.39, 0.29) is 14.3 Å². The van der Waals surface area contributed by atoms with Crippen molar-refractivity contribution in [2.24, 2.45) is 0 Å². The fourth-order valence-electron chi connectivity index (χ4n) is 4.07. The highest BCUT2D eigenvalue weighted by Gasteiger charge is 2.26. The lowest BCUT2D eigenvalue weighted by Crippen LogP contribution is -2.37. The van der Waals surface area contributed by atoms with Gasteiger partial charge in [-0.05, 0) is 42.5 Å². The van der Waals surface area contributed by atoms with E-state index in [0.717, 1.165) is 31.2 Å². The van der Waals surface area contributed by atoms with Gasteiger partial charge in [-0.25, -0.2) is 8.42 Å². The second-order valence-electron chi connectivity index (χ2n) is 8.28. The van der Waals surface area contributed by atoms with Crippen LogP contribution in [0.25, 0.3) is 0 Å². The molecule has 1 aliphatic heterocycles. The van der Waals surface area contributed by atoms with Gasteiger partial charge in [0.25, 0.3) is 10.9 Å². The second-order valence-corrected chi connectivity index (χ2v) is 10.4. The topological polar surface area (TPSA) is 108 Å². The SMILES string of the molecule is O=c1c(NCCCCCCS(=O)(=O)N2CCc3ccccc3C2)c(Nc2ccncc2)c1=O.[HH].[HH]. The van der Waals surface area contributed by atoms with E-state index in [9.17, 15) is 18.0 Å². The lowest BCUT2D eigenvalue weighted by atomic mass is 10.0. The molecule has 0 radical (unpaired) electrons. The molecule has 178 valence electrons. The fourth-order valence-corrected chi connectivity index (χ4v) is 5.60. The van der Waals surface area contributed by atoms with Gasteiger partial charge in [0.2, 0.25) is 10.0 Å². The van der Waals surface area contributed by atoms with Gasteiger partial charge in [-0.3, -0.25) is 14.6 Å². The summed E-state index contributed by atoms with van der Waals surface area (Å²) < 4.78 is 27.0. The average Bonchev–Trinajstić information content (AvgIpc) is 2.84. The Bertz CT molecular complexity index is 1280. The van der Waals surface area contributed by atoms with Crippen LogP contribution in [-0.4, -0.2) is 36.5 Å². The molecule has 33 heavy (non-hydrogen) atoms.